The lowest BCUT2D eigenvalue weighted by Gasteiger charge is -2.21. The predicted molar refractivity (Wildman–Crippen MR) is 110 cm³/mol. The first-order valence-corrected chi connectivity index (χ1v) is 9.59. The first-order chi connectivity index (χ1) is 13.6. The van der Waals surface area contributed by atoms with E-state index in [1.807, 2.05) is 47.6 Å². The molecule has 1 atom stereocenters. The molecule has 0 saturated carbocycles. The summed E-state index contributed by atoms with van der Waals surface area (Å²) in [6, 6.07) is 14.3. The summed E-state index contributed by atoms with van der Waals surface area (Å²) < 4.78 is 7.67. The molecule has 1 fully saturated rings. The van der Waals surface area contributed by atoms with Crippen LogP contribution < -0.4 is 4.74 Å². The lowest BCUT2D eigenvalue weighted by molar-refractivity contribution is 0.0779. The molecule has 1 unspecified atom stereocenters. The number of hydrogen-bond donors (Lipinski definition) is 0. The molecule has 1 aliphatic heterocycles. The number of carbonyl (C=O) groups is 1. The third kappa shape index (κ3) is 3.47. The highest BCUT2D eigenvalue weighted by molar-refractivity contribution is 5.97. The molecular weight excluding hydrogens is 352 g/mol. The maximum absolute atomic E-state index is 13.0. The summed E-state index contributed by atoms with van der Waals surface area (Å²) in [7, 11) is 5.75. The molecular formula is C22H26N4O2. The van der Waals surface area contributed by atoms with E-state index in [2.05, 4.69) is 34.6 Å². The van der Waals surface area contributed by atoms with E-state index in [4.69, 9.17) is 4.74 Å². The number of amides is 1. The highest BCUT2D eigenvalue weighted by Crippen LogP contribution is 2.25. The molecule has 4 rings (SSSR count). The molecule has 0 N–H and O–H groups in total. The molecule has 0 spiro atoms. The van der Waals surface area contributed by atoms with Crippen LogP contribution in [-0.4, -0.2) is 65.6 Å². The average Bonchev–Trinajstić information content (AvgIpc) is 3.35. The van der Waals surface area contributed by atoms with Crippen molar-refractivity contribution < 1.29 is 9.53 Å². The Labute approximate surface area is 165 Å². The van der Waals surface area contributed by atoms with Gasteiger partial charge < -0.3 is 19.1 Å². The Kier molecular flexibility index (Phi) is 5.05. The molecule has 3 aromatic rings. The Morgan fingerprint density at radius 3 is 2.82 bits per heavy atom. The van der Waals surface area contributed by atoms with Crippen LogP contribution in [-0.2, 0) is 6.54 Å². The van der Waals surface area contributed by atoms with Crippen molar-refractivity contribution >= 4 is 16.9 Å². The topological polar surface area (TPSA) is 50.6 Å². The number of para-hydroxylation sites is 2. The fourth-order valence-corrected chi connectivity index (χ4v) is 3.86. The number of nitrogens with zero attached hydrogens (tertiary/aromatic N) is 4. The summed E-state index contributed by atoms with van der Waals surface area (Å²) in [5.74, 6) is 0.668. The second kappa shape index (κ2) is 7.64. The van der Waals surface area contributed by atoms with Gasteiger partial charge >= 0.3 is 0 Å². The monoisotopic (exact) mass is 378 g/mol. The van der Waals surface area contributed by atoms with Gasteiger partial charge in [0.15, 0.2) is 0 Å². The summed E-state index contributed by atoms with van der Waals surface area (Å²) in [6.07, 6.45) is 2.86. The van der Waals surface area contributed by atoms with Crippen LogP contribution in [0.5, 0.6) is 5.75 Å². The van der Waals surface area contributed by atoms with E-state index in [-0.39, 0.29) is 5.91 Å². The first-order valence-electron chi connectivity index (χ1n) is 9.59. The van der Waals surface area contributed by atoms with Gasteiger partial charge in [-0.3, -0.25) is 4.79 Å². The van der Waals surface area contributed by atoms with Crippen LogP contribution in [0.4, 0.5) is 0 Å². The summed E-state index contributed by atoms with van der Waals surface area (Å²) in [4.78, 5) is 21.6. The zero-order valence-corrected chi connectivity index (χ0v) is 16.6. The number of hydrogen-bond acceptors (Lipinski definition) is 4. The van der Waals surface area contributed by atoms with E-state index in [0.29, 0.717) is 23.9 Å². The van der Waals surface area contributed by atoms with E-state index in [0.717, 1.165) is 36.1 Å². The van der Waals surface area contributed by atoms with Gasteiger partial charge in [-0.15, -0.1) is 0 Å². The normalized spacial score (nSPS) is 16.9. The van der Waals surface area contributed by atoms with Crippen molar-refractivity contribution in [2.75, 3.05) is 34.3 Å². The van der Waals surface area contributed by atoms with E-state index in [1.165, 1.54) is 0 Å². The minimum atomic E-state index is 0.0424. The van der Waals surface area contributed by atoms with Gasteiger partial charge in [0.2, 0.25) is 0 Å². The number of rotatable bonds is 5. The van der Waals surface area contributed by atoms with E-state index >= 15 is 0 Å². The molecule has 1 aliphatic rings. The maximum Gasteiger partial charge on any atom is 0.257 e. The highest BCUT2D eigenvalue weighted by Gasteiger charge is 2.29. The van der Waals surface area contributed by atoms with E-state index in [9.17, 15) is 4.79 Å². The molecule has 1 aromatic heterocycles. The van der Waals surface area contributed by atoms with Crippen LogP contribution in [0.15, 0.2) is 48.8 Å². The van der Waals surface area contributed by atoms with Gasteiger partial charge in [-0.05, 0) is 50.3 Å². The van der Waals surface area contributed by atoms with Crippen LogP contribution in [0, 0.1) is 0 Å². The molecule has 6 heteroatoms. The third-order valence-corrected chi connectivity index (χ3v) is 5.56. The van der Waals surface area contributed by atoms with Crippen molar-refractivity contribution in [2.45, 2.75) is 19.0 Å². The van der Waals surface area contributed by atoms with Crippen LogP contribution in [0.25, 0.3) is 11.0 Å². The number of fused-ring (bicyclic) bond motifs is 1. The Hall–Kier alpha value is -2.86. The number of benzene rings is 2. The van der Waals surface area contributed by atoms with Crippen LogP contribution in [0.3, 0.4) is 0 Å². The van der Waals surface area contributed by atoms with E-state index < -0.39 is 0 Å². The van der Waals surface area contributed by atoms with Gasteiger partial charge in [0.05, 0.1) is 30.0 Å². The Bertz CT molecular complexity index is 995. The number of ether oxygens (including phenoxy) is 1. The molecule has 146 valence electrons. The number of imidazole rings is 1. The molecule has 0 radical (unpaired) electrons. The van der Waals surface area contributed by atoms with Crippen molar-refractivity contribution in [1.29, 1.82) is 0 Å². The second-order valence-electron chi connectivity index (χ2n) is 7.55. The van der Waals surface area contributed by atoms with Crippen molar-refractivity contribution in [3.63, 3.8) is 0 Å². The SMILES string of the molecule is COc1cc(Cn2cnc3ccccc32)ccc1C(=O)N1CCC(N(C)C)C1. The Morgan fingerprint density at radius 2 is 2.07 bits per heavy atom. The van der Waals surface area contributed by atoms with E-state index in [1.54, 1.807) is 7.11 Å². The summed E-state index contributed by atoms with van der Waals surface area (Å²) >= 11 is 0. The molecule has 2 aromatic carbocycles. The van der Waals surface area contributed by atoms with Gasteiger partial charge in [0, 0.05) is 25.7 Å². The number of likely N-dealkylation sites (tertiary alicyclic amines) is 1. The van der Waals surface area contributed by atoms with Gasteiger partial charge in [-0.2, -0.15) is 0 Å². The van der Waals surface area contributed by atoms with Gasteiger partial charge in [0.1, 0.15) is 5.75 Å². The summed E-state index contributed by atoms with van der Waals surface area (Å²) in [5, 5.41) is 0. The standard InChI is InChI=1S/C22H26N4O2/c1-24(2)17-10-11-25(14-17)22(27)18-9-8-16(12-21(18)28-3)13-26-15-23-19-6-4-5-7-20(19)26/h4-9,12,15,17H,10-11,13-14H2,1-3H3. The molecule has 28 heavy (non-hydrogen) atoms. The van der Waals surface area contributed by atoms with Gasteiger partial charge in [-0.1, -0.05) is 18.2 Å². The third-order valence-electron chi connectivity index (χ3n) is 5.56. The zero-order valence-electron chi connectivity index (χ0n) is 16.6. The van der Waals surface area contributed by atoms with Gasteiger partial charge in [0.25, 0.3) is 5.91 Å². The van der Waals surface area contributed by atoms with Crippen LogP contribution in [0.2, 0.25) is 0 Å². The maximum atomic E-state index is 13.0. The number of carbonyl (C=O) groups excluding carboxylic acids is 1. The minimum Gasteiger partial charge on any atom is -0.496 e. The Balaban J connectivity index is 1.55. The summed E-state index contributed by atoms with van der Waals surface area (Å²) in [5.41, 5.74) is 3.77. The molecule has 1 amide bonds. The lowest BCUT2D eigenvalue weighted by Crippen LogP contribution is -2.34. The first kappa shape index (κ1) is 18.5. The van der Waals surface area contributed by atoms with Crippen LogP contribution >= 0.6 is 0 Å². The fourth-order valence-electron chi connectivity index (χ4n) is 3.86. The molecule has 2 heterocycles. The molecule has 6 nitrogen and oxygen atoms in total. The second-order valence-corrected chi connectivity index (χ2v) is 7.55. The fraction of sp³-hybridized carbons (Fsp3) is 0.364. The smallest absolute Gasteiger partial charge is 0.257 e. The van der Waals surface area contributed by atoms with Gasteiger partial charge in [-0.25, -0.2) is 4.98 Å². The quantitative estimate of drug-likeness (QED) is 0.685. The predicted octanol–water partition coefficient (Wildman–Crippen LogP) is 2.87. The minimum absolute atomic E-state index is 0.0424. The van der Waals surface area contributed by atoms with Crippen molar-refractivity contribution in [1.82, 2.24) is 19.4 Å². The molecule has 0 aliphatic carbocycles. The van der Waals surface area contributed by atoms with Crippen molar-refractivity contribution in [3.8, 4) is 5.75 Å². The largest absolute Gasteiger partial charge is 0.496 e. The molecule has 0 bridgehead atoms. The van der Waals surface area contributed by atoms with Crippen molar-refractivity contribution in [3.05, 3.63) is 59.9 Å². The average molecular weight is 378 g/mol. The number of methoxy groups -OCH3 is 1. The van der Waals surface area contributed by atoms with Crippen LogP contribution in [0.1, 0.15) is 22.3 Å². The number of aromatic nitrogens is 2. The summed E-state index contributed by atoms with van der Waals surface area (Å²) in [6.45, 7) is 2.23. The lowest BCUT2D eigenvalue weighted by atomic mass is 10.1. The molecule has 1 saturated heterocycles. The van der Waals surface area contributed by atoms with Crippen molar-refractivity contribution in [2.24, 2.45) is 0 Å². The highest BCUT2D eigenvalue weighted by atomic mass is 16.5. The Morgan fingerprint density at radius 1 is 1.25 bits per heavy atom. The number of likely N-dealkylation sites (N-methyl/N-ethyl adjacent to an activating group) is 1. The zero-order chi connectivity index (χ0) is 19.7.